The van der Waals surface area contributed by atoms with Crippen LogP contribution in [0.15, 0.2) is 65.7 Å². The van der Waals surface area contributed by atoms with E-state index in [9.17, 15) is 17.6 Å². The molecule has 13 heteroatoms. The largest absolute Gasteiger partial charge is 0.494 e. The minimum atomic E-state index is -3.84. The number of carbonyl (C=O) groups excluding carboxylic acids is 1. The summed E-state index contributed by atoms with van der Waals surface area (Å²) in [5.74, 6) is 1.45. The standard InChI is InChI=1S/C36H38FN7O4S/c1-48-31-14-25(36(45)43-20-24-9-10-29(43)32(24)38)12-28-33(31)44(19-22-16-41(17-22)49(46,47)27-6-2-5-26(37)15-27)35(40-28)30-13-23-4-3-11-39-34(23)42(30)18-21-7-8-21/h2-6,11-15,21-22,24,29,32H,7-10,16-20,38H2,1H3/t24-,29-,32-/m1/s1. The lowest BCUT2D eigenvalue weighted by Gasteiger charge is -2.38. The molecule has 0 unspecified atom stereocenters. The number of imidazole rings is 1. The molecule has 2 aliphatic carbocycles. The molecule has 9 rings (SSSR count). The Balaban J connectivity index is 1.13. The van der Waals surface area contributed by atoms with Gasteiger partial charge in [-0.1, -0.05) is 6.07 Å². The number of carbonyl (C=O) groups is 1. The summed E-state index contributed by atoms with van der Waals surface area (Å²) < 4.78 is 52.3. The van der Waals surface area contributed by atoms with Crippen molar-refractivity contribution in [3.8, 4) is 17.3 Å². The first-order chi connectivity index (χ1) is 23.7. The number of halogens is 1. The predicted octanol–water partition coefficient (Wildman–Crippen LogP) is 4.49. The number of pyridine rings is 1. The Hall–Kier alpha value is -4.33. The van der Waals surface area contributed by atoms with Crippen molar-refractivity contribution in [2.24, 2.45) is 23.5 Å². The molecule has 0 radical (unpaired) electrons. The van der Waals surface area contributed by atoms with Gasteiger partial charge in [0.2, 0.25) is 10.0 Å². The number of rotatable bonds is 9. The molecular formula is C36H38FN7O4S. The molecule has 2 aromatic carbocycles. The van der Waals surface area contributed by atoms with Crippen LogP contribution in [0.1, 0.15) is 36.0 Å². The first-order valence-electron chi connectivity index (χ1n) is 17.0. The Kier molecular flexibility index (Phi) is 7.12. The zero-order valence-corrected chi connectivity index (χ0v) is 28.0. The fourth-order valence-electron chi connectivity index (χ4n) is 8.21. The number of ether oxygens (including phenoxy) is 1. The number of likely N-dealkylation sites (tertiary alicyclic amines) is 1. The van der Waals surface area contributed by atoms with Crippen LogP contribution in [-0.2, 0) is 23.1 Å². The summed E-state index contributed by atoms with van der Waals surface area (Å²) in [6.45, 7) is 2.51. The minimum Gasteiger partial charge on any atom is -0.494 e. The Labute approximate surface area is 283 Å². The lowest BCUT2D eigenvalue weighted by Crippen LogP contribution is -2.51. The molecule has 4 aliphatic rings. The Morgan fingerprint density at radius 1 is 0.980 bits per heavy atom. The molecule has 5 heterocycles. The number of piperidine rings is 1. The fraction of sp³-hybridized carbons (Fsp3) is 0.417. The number of hydrogen-bond donors (Lipinski definition) is 1. The molecular weight excluding hydrogens is 646 g/mol. The summed E-state index contributed by atoms with van der Waals surface area (Å²) in [6.07, 6.45) is 6.11. The molecule has 5 aromatic rings. The van der Waals surface area contributed by atoms with Crippen molar-refractivity contribution >= 4 is 38.0 Å². The van der Waals surface area contributed by atoms with E-state index in [1.165, 1.54) is 35.3 Å². The van der Waals surface area contributed by atoms with E-state index < -0.39 is 15.8 Å². The Morgan fingerprint density at radius 3 is 2.51 bits per heavy atom. The molecule has 2 N–H and O–H groups in total. The van der Waals surface area contributed by atoms with Gasteiger partial charge in [0.15, 0.2) is 5.82 Å². The SMILES string of the molecule is COc1cc(C(=O)N2C[C@H]3CC[C@@H]2[C@@H]3N)cc2nc(-c3cc4cccnc4n3CC3CC3)n(CC3CN(S(=O)(=O)c4cccc(F)c4)C3)c12. The topological polar surface area (TPSA) is 129 Å². The van der Waals surface area contributed by atoms with E-state index in [0.29, 0.717) is 47.6 Å². The van der Waals surface area contributed by atoms with E-state index in [2.05, 4.69) is 21.3 Å². The number of nitrogens with two attached hydrogens (primary N) is 1. The van der Waals surface area contributed by atoms with Crippen LogP contribution < -0.4 is 10.5 Å². The first-order valence-corrected chi connectivity index (χ1v) is 18.5. The minimum absolute atomic E-state index is 0.00848. The van der Waals surface area contributed by atoms with Crippen LogP contribution in [0.2, 0.25) is 0 Å². The van der Waals surface area contributed by atoms with Crippen molar-refractivity contribution in [1.82, 2.24) is 28.3 Å². The highest BCUT2D eigenvalue weighted by atomic mass is 32.2. The zero-order valence-electron chi connectivity index (χ0n) is 27.2. The lowest BCUT2D eigenvalue weighted by molar-refractivity contribution is 0.0700. The number of fused-ring (bicyclic) bond motifs is 4. The second kappa shape index (κ2) is 11.4. The van der Waals surface area contributed by atoms with E-state index in [1.54, 1.807) is 19.4 Å². The molecule has 49 heavy (non-hydrogen) atoms. The van der Waals surface area contributed by atoms with Crippen LogP contribution in [0.25, 0.3) is 33.6 Å². The Morgan fingerprint density at radius 2 is 1.80 bits per heavy atom. The summed E-state index contributed by atoms with van der Waals surface area (Å²) in [5, 5.41) is 1.01. The van der Waals surface area contributed by atoms with Gasteiger partial charge in [0.05, 0.1) is 23.2 Å². The van der Waals surface area contributed by atoms with Gasteiger partial charge in [0.25, 0.3) is 5.91 Å². The number of benzene rings is 2. The number of sulfonamides is 1. The quantitative estimate of drug-likeness (QED) is 0.243. The third-order valence-corrected chi connectivity index (χ3v) is 12.8. The summed E-state index contributed by atoms with van der Waals surface area (Å²) in [6, 6.07) is 14.9. The third-order valence-electron chi connectivity index (χ3n) is 11.0. The van der Waals surface area contributed by atoms with Gasteiger partial charge in [-0.3, -0.25) is 4.79 Å². The highest BCUT2D eigenvalue weighted by molar-refractivity contribution is 7.89. The molecule has 2 saturated heterocycles. The number of nitrogens with zero attached hydrogens (tertiary/aromatic N) is 6. The van der Waals surface area contributed by atoms with Crippen LogP contribution in [0, 0.1) is 23.6 Å². The van der Waals surface area contributed by atoms with Gasteiger partial charge in [-0.05, 0) is 86.1 Å². The summed E-state index contributed by atoms with van der Waals surface area (Å²) in [7, 11) is -2.24. The first kappa shape index (κ1) is 30.7. The second-order valence-corrected chi connectivity index (χ2v) is 16.1. The maximum atomic E-state index is 13.9. The smallest absolute Gasteiger partial charge is 0.254 e. The van der Waals surface area contributed by atoms with Gasteiger partial charge in [-0.25, -0.2) is 22.8 Å². The van der Waals surface area contributed by atoms with E-state index >= 15 is 0 Å². The van der Waals surface area contributed by atoms with Crippen molar-refractivity contribution in [2.45, 2.75) is 55.8 Å². The van der Waals surface area contributed by atoms with E-state index in [1.807, 2.05) is 17.0 Å². The predicted molar refractivity (Wildman–Crippen MR) is 182 cm³/mol. The molecule has 254 valence electrons. The highest BCUT2D eigenvalue weighted by Gasteiger charge is 2.47. The van der Waals surface area contributed by atoms with Crippen LogP contribution in [0.5, 0.6) is 5.75 Å². The third kappa shape index (κ3) is 5.04. The zero-order chi connectivity index (χ0) is 33.6. The van der Waals surface area contributed by atoms with Gasteiger partial charge in [0, 0.05) is 67.9 Å². The van der Waals surface area contributed by atoms with Gasteiger partial charge in [-0.15, -0.1) is 0 Å². The van der Waals surface area contributed by atoms with Gasteiger partial charge in [-0.2, -0.15) is 4.31 Å². The summed E-state index contributed by atoms with van der Waals surface area (Å²) in [5.41, 5.74) is 10.1. The molecule has 4 fully saturated rings. The highest BCUT2D eigenvalue weighted by Crippen LogP contribution is 2.41. The average molecular weight is 684 g/mol. The molecule has 2 bridgehead atoms. The molecule has 2 aliphatic heterocycles. The summed E-state index contributed by atoms with van der Waals surface area (Å²) >= 11 is 0. The van der Waals surface area contributed by atoms with E-state index in [4.69, 9.17) is 20.4 Å². The number of methoxy groups -OCH3 is 1. The summed E-state index contributed by atoms with van der Waals surface area (Å²) in [4.78, 5) is 25.7. The molecule has 0 spiro atoms. The monoisotopic (exact) mass is 683 g/mol. The van der Waals surface area contributed by atoms with E-state index in [0.717, 1.165) is 47.7 Å². The fourth-order valence-corrected chi connectivity index (χ4v) is 9.84. The maximum Gasteiger partial charge on any atom is 0.254 e. The lowest BCUT2D eigenvalue weighted by atomic mass is 10.0. The number of hydrogen-bond acceptors (Lipinski definition) is 7. The number of amides is 1. The van der Waals surface area contributed by atoms with Gasteiger partial charge in [0.1, 0.15) is 22.7 Å². The van der Waals surface area contributed by atoms with Crippen LogP contribution >= 0.6 is 0 Å². The second-order valence-electron chi connectivity index (χ2n) is 14.2. The van der Waals surface area contributed by atoms with Crippen LogP contribution in [0.3, 0.4) is 0 Å². The molecule has 3 aromatic heterocycles. The van der Waals surface area contributed by atoms with Crippen LogP contribution in [0.4, 0.5) is 4.39 Å². The maximum absolute atomic E-state index is 13.9. The molecule has 3 atom stereocenters. The normalized spacial score (nSPS) is 22.8. The van der Waals surface area contributed by atoms with Gasteiger partial charge < -0.3 is 24.5 Å². The van der Waals surface area contributed by atoms with Gasteiger partial charge >= 0.3 is 0 Å². The van der Waals surface area contributed by atoms with Crippen molar-refractivity contribution in [3.05, 3.63) is 72.2 Å². The van der Waals surface area contributed by atoms with E-state index in [-0.39, 0.29) is 41.9 Å². The molecule has 2 saturated carbocycles. The average Bonchev–Trinajstić information content (AvgIpc) is 3.43. The van der Waals surface area contributed by atoms with Crippen molar-refractivity contribution < 1.29 is 22.3 Å². The Bertz CT molecular complexity index is 2240. The molecule has 11 nitrogen and oxygen atoms in total. The molecule has 1 amide bonds. The van der Waals surface area contributed by atoms with Crippen molar-refractivity contribution in [1.29, 1.82) is 0 Å². The number of aromatic nitrogens is 4. The van der Waals surface area contributed by atoms with Crippen molar-refractivity contribution in [3.63, 3.8) is 0 Å². The van der Waals surface area contributed by atoms with Crippen molar-refractivity contribution in [2.75, 3.05) is 26.7 Å². The van der Waals surface area contributed by atoms with Crippen LogP contribution in [-0.4, -0.2) is 81.5 Å².